The van der Waals surface area contributed by atoms with Crippen LogP contribution in [0.1, 0.15) is 6.92 Å². The Hall–Kier alpha value is -5.64. The number of nitrogens with zero attached hydrogens (tertiary/aromatic N) is 1. The summed E-state index contributed by atoms with van der Waals surface area (Å²) >= 11 is 0. The highest BCUT2D eigenvalue weighted by atomic mass is 28.3. The molecule has 3 heteroatoms. The first kappa shape index (κ1) is 27.9. The van der Waals surface area contributed by atoms with Gasteiger partial charge in [-0.05, 0) is 58.0 Å². The normalized spacial score (nSPS) is 12.6. The fraction of sp³-hybridized carbons (Fsp3) is 0.0233. The summed E-state index contributed by atoms with van der Waals surface area (Å²) in [4.78, 5) is 0. The summed E-state index contributed by atoms with van der Waals surface area (Å²) in [7, 11) is -3.01. The number of benzene rings is 6. The molecule has 46 heavy (non-hydrogen) atoms. The topological polar surface area (TPSA) is 18.1 Å². The van der Waals surface area contributed by atoms with Gasteiger partial charge < -0.3 is 8.98 Å². The molecule has 0 amide bonds. The lowest BCUT2D eigenvalue weighted by molar-refractivity contribution is 0.671. The molecule has 220 valence electrons. The molecule has 2 nitrogen and oxygen atoms in total. The lowest BCUT2D eigenvalue weighted by Gasteiger charge is -2.35. The van der Waals surface area contributed by atoms with Gasteiger partial charge in [0.2, 0.25) is 0 Å². The van der Waals surface area contributed by atoms with E-state index in [-0.39, 0.29) is 0 Å². The molecule has 0 aliphatic rings. The van der Waals surface area contributed by atoms with Crippen molar-refractivity contribution in [2.24, 2.45) is 0 Å². The second-order valence-corrected chi connectivity index (χ2v) is 15.4. The zero-order valence-corrected chi connectivity index (χ0v) is 26.7. The smallest absolute Gasteiger partial charge is 0.184 e. The second kappa shape index (κ2) is 11.4. The Balaban J connectivity index is 1.62. The third-order valence-electron chi connectivity index (χ3n) is 9.24. The van der Waals surface area contributed by atoms with Crippen LogP contribution in [0.15, 0.2) is 186 Å². The van der Waals surface area contributed by atoms with Crippen LogP contribution >= 0.6 is 0 Å². The molecule has 0 spiro atoms. The molecule has 0 N–H and O–H groups in total. The molecule has 6 aromatic carbocycles. The zero-order valence-electron chi connectivity index (χ0n) is 25.7. The largest absolute Gasteiger partial charge is 0.456 e. The predicted octanol–water partition coefficient (Wildman–Crippen LogP) is 9.38. The SMILES string of the molecule is C=CC(=CC=CC)[Si](c1ccccc1)(c1ccccc1)c1cc(-n2c3ccccc3c3ccccc32)cc2c1oc1ccccc12. The van der Waals surface area contributed by atoms with Crippen LogP contribution in [-0.4, -0.2) is 12.6 Å². The van der Waals surface area contributed by atoms with Crippen LogP contribution in [0.5, 0.6) is 0 Å². The minimum atomic E-state index is -3.01. The third-order valence-corrected chi connectivity index (χ3v) is 14.1. The van der Waals surface area contributed by atoms with E-state index in [0.717, 1.165) is 27.6 Å². The van der Waals surface area contributed by atoms with E-state index in [0.29, 0.717) is 0 Å². The van der Waals surface area contributed by atoms with Gasteiger partial charge in [0.05, 0.1) is 11.0 Å². The van der Waals surface area contributed by atoms with Crippen molar-refractivity contribution in [3.05, 3.63) is 182 Å². The minimum Gasteiger partial charge on any atom is -0.456 e. The molecule has 0 aliphatic heterocycles. The lowest BCUT2D eigenvalue weighted by Crippen LogP contribution is -2.68. The highest BCUT2D eigenvalue weighted by Crippen LogP contribution is 2.36. The van der Waals surface area contributed by atoms with E-state index in [1.165, 1.54) is 42.6 Å². The van der Waals surface area contributed by atoms with Crippen molar-refractivity contribution in [2.45, 2.75) is 6.92 Å². The van der Waals surface area contributed by atoms with Gasteiger partial charge in [-0.2, -0.15) is 0 Å². The van der Waals surface area contributed by atoms with Gasteiger partial charge in [-0.15, -0.1) is 0 Å². The van der Waals surface area contributed by atoms with E-state index >= 15 is 0 Å². The fourth-order valence-corrected chi connectivity index (χ4v) is 12.2. The van der Waals surface area contributed by atoms with Crippen molar-refractivity contribution in [1.82, 2.24) is 4.57 Å². The molecule has 0 saturated heterocycles. The number of hydrogen-bond acceptors (Lipinski definition) is 1. The van der Waals surface area contributed by atoms with Crippen LogP contribution in [0.3, 0.4) is 0 Å². The molecule has 0 radical (unpaired) electrons. The highest BCUT2D eigenvalue weighted by Gasteiger charge is 2.44. The number of aromatic nitrogens is 1. The van der Waals surface area contributed by atoms with Gasteiger partial charge in [0.25, 0.3) is 0 Å². The molecular formula is C43H33NOSi. The number of rotatable bonds is 7. The molecule has 8 aromatic rings. The average Bonchev–Trinajstić information content (AvgIpc) is 3.67. The lowest BCUT2D eigenvalue weighted by atomic mass is 10.1. The van der Waals surface area contributed by atoms with Crippen molar-refractivity contribution >= 4 is 67.4 Å². The summed E-state index contributed by atoms with van der Waals surface area (Å²) in [5.41, 5.74) is 5.30. The molecule has 0 atom stereocenters. The molecule has 8 rings (SSSR count). The first-order chi connectivity index (χ1) is 22.8. The first-order valence-electron chi connectivity index (χ1n) is 15.8. The van der Waals surface area contributed by atoms with E-state index in [1.54, 1.807) is 0 Å². The van der Waals surface area contributed by atoms with Crippen molar-refractivity contribution in [2.75, 3.05) is 0 Å². The van der Waals surface area contributed by atoms with E-state index in [1.807, 2.05) is 0 Å². The van der Waals surface area contributed by atoms with Crippen molar-refractivity contribution < 1.29 is 4.42 Å². The van der Waals surface area contributed by atoms with Gasteiger partial charge in [-0.25, -0.2) is 0 Å². The molecular weight excluding hydrogens is 575 g/mol. The Bertz CT molecular complexity index is 2350. The van der Waals surface area contributed by atoms with Gasteiger partial charge in [0.1, 0.15) is 11.2 Å². The summed E-state index contributed by atoms with van der Waals surface area (Å²) < 4.78 is 9.35. The van der Waals surface area contributed by atoms with Crippen LogP contribution in [0.2, 0.25) is 0 Å². The number of allylic oxidation sites excluding steroid dienone is 5. The van der Waals surface area contributed by atoms with Gasteiger partial charge >= 0.3 is 0 Å². The third kappa shape index (κ3) is 4.17. The predicted molar refractivity (Wildman–Crippen MR) is 199 cm³/mol. The fourth-order valence-electron chi connectivity index (χ4n) is 7.31. The highest BCUT2D eigenvalue weighted by molar-refractivity contribution is 7.17. The summed E-state index contributed by atoms with van der Waals surface area (Å²) in [6, 6.07) is 52.5. The summed E-state index contributed by atoms with van der Waals surface area (Å²) in [5, 5.41) is 9.66. The molecule has 2 aromatic heterocycles. The van der Waals surface area contributed by atoms with Gasteiger partial charge in [0, 0.05) is 27.2 Å². The Morgan fingerprint density at radius 1 is 0.630 bits per heavy atom. The second-order valence-electron chi connectivity index (χ2n) is 11.7. The zero-order chi connectivity index (χ0) is 31.1. The number of furan rings is 1. The maximum atomic E-state index is 6.92. The number of fused-ring (bicyclic) bond motifs is 6. The Labute approximate surface area is 269 Å². The van der Waals surface area contributed by atoms with E-state index in [4.69, 9.17) is 4.42 Å². The quantitative estimate of drug-likeness (QED) is 0.100. The standard InChI is InChI=1S/C43H33NOSi/c1-3-5-18-32(4-2)46(33-19-8-6-9-20-33,34-21-10-7-11-22-34)42-30-31(29-38-37-25-14-17-28-41(37)45-43(38)42)44-39-26-15-12-23-35(39)36-24-13-16-27-40(36)44/h3-30H,2H2,1H3. The van der Waals surface area contributed by atoms with Crippen molar-refractivity contribution in [1.29, 1.82) is 0 Å². The van der Waals surface area contributed by atoms with E-state index in [9.17, 15) is 0 Å². The Kier molecular flexibility index (Phi) is 6.89. The summed E-state index contributed by atoms with van der Waals surface area (Å²) in [5.74, 6) is 0. The first-order valence-corrected chi connectivity index (χ1v) is 17.8. The summed E-state index contributed by atoms with van der Waals surface area (Å²) in [6.07, 6.45) is 8.54. The van der Waals surface area contributed by atoms with Gasteiger partial charge in [0.15, 0.2) is 8.07 Å². The molecule has 0 bridgehead atoms. The van der Waals surface area contributed by atoms with Crippen molar-refractivity contribution in [3.63, 3.8) is 0 Å². The number of para-hydroxylation sites is 3. The van der Waals surface area contributed by atoms with Crippen molar-refractivity contribution in [3.8, 4) is 5.69 Å². The average molecular weight is 608 g/mol. The molecule has 0 aliphatic carbocycles. The van der Waals surface area contributed by atoms with Crippen LogP contribution in [0, 0.1) is 0 Å². The Morgan fingerprint density at radius 3 is 1.76 bits per heavy atom. The summed E-state index contributed by atoms with van der Waals surface area (Å²) in [6.45, 7) is 6.49. The van der Waals surface area contributed by atoms with Crippen LogP contribution in [0.25, 0.3) is 49.4 Å². The van der Waals surface area contributed by atoms with E-state index in [2.05, 4.69) is 188 Å². The Morgan fingerprint density at radius 2 is 1.17 bits per heavy atom. The molecule has 0 fully saturated rings. The van der Waals surface area contributed by atoms with Crippen LogP contribution in [-0.2, 0) is 0 Å². The molecule has 0 saturated carbocycles. The number of hydrogen-bond donors (Lipinski definition) is 0. The maximum absolute atomic E-state index is 6.92. The molecule has 2 heterocycles. The van der Waals surface area contributed by atoms with E-state index < -0.39 is 8.07 Å². The van der Waals surface area contributed by atoms with Crippen LogP contribution in [0.4, 0.5) is 0 Å². The van der Waals surface area contributed by atoms with Crippen LogP contribution < -0.4 is 15.6 Å². The monoisotopic (exact) mass is 607 g/mol. The maximum Gasteiger partial charge on any atom is 0.184 e. The molecule has 0 unspecified atom stereocenters. The van der Waals surface area contributed by atoms with Gasteiger partial charge in [-0.3, -0.25) is 0 Å². The van der Waals surface area contributed by atoms with Gasteiger partial charge in [-0.1, -0.05) is 146 Å². The minimum absolute atomic E-state index is 0.889.